The molecule has 0 aromatic rings. The van der Waals surface area contributed by atoms with Crippen LogP contribution in [0.1, 0.15) is 6.92 Å². The quantitative estimate of drug-likeness (QED) is 0.485. The maximum absolute atomic E-state index is 10.8. The maximum atomic E-state index is 10.8. The molecule has 2 N–H and O–H groups in total. The zero-order valence-corrected chi connectivity index (χ0v) is 6.61. The van der Waals surface area contributed by atoms with E-state index in [9.17, 15) is 14.4 Å². The van der Waals surface area contributed by atoms with E-state index in [-0.39, 0.29) is 0 Å². The summed E-state index contributed by atoms with van der Waals surface area (Å²) in [4.78, 5) is 32.2. The summed E-state index contributed by atoms with van der Waals surface area (Å²) in [5.41, 5.74) is 0. The van der Waals surface area contributed by atoms with E-state index in [4.69, 9.17) is 10.2 Å². The van der Waals surface area contributed by atoms with Crippen molar-refractivity contribution in [2.75, 3.05) is 13.2 Å². The van der Waals surface area contributed by atoms with Crippen LogP contribution in [-0.2, 0) is 14.4 Å². The van der Waals surface area contributed by atoms with Gasteiger partial charge in [0.25, 0.3) is 0 Å². The summed E-state index contributed by atoms with van der Waals surface area (Å²) in [6.07, 6.45) is 0. The van der Waals surface area contributed by atoms with E-state index in [1.54, 1.807) is 0 Å². The molecule has 0 amide bonds. The van der Waals surface area contributed by atoms with Crippen LogP contribution in [0, 0.1) is 5.92 Å². The third kappa shape index (κ3) is 2.52. The lowest BCUT2D eigenvalue weighted by atomic mass is 9.96. The summed E-state index contributed by atoms with van der Waals surface area (Å²) in [6, 6.07) is 0. The average molecular weight is 174 g/mol. The van der Waals surface area contributed by atoms with Gasteiger partial charge in [-0.25, -0.2) is 0 Å². The third-order valence-corrected chi connectivity index (χ3v) is 1.36. The molecule has 0 aliphatic rings. The highest BCUT2D eigenvalue weighted by Gasteiger charge is 2.29. The number of ketones is 3. The Balaban J connectivity index is 4.55. The molecule has 0 rings (SSSR count). The molecule has 0 radical (unpaired) electrons. The molecule has 0 aromatic heterocycles. The third-order valence-electron chi connectivity index (χ3n) is 1.36. The minimum absolute atomic E-state index is 0.659. The van der Waals surface area contributed by atoms with Crippen molar-refractivity contribution in [3.8, 4) is 0 Å². The van der Waals surface area contributed by atoms with E-state index in [1.165, 1.54) is 0 Å². The fourth-order valence-corrected chi connectivity index (χ4v) is 0.816. The number of Topliss-reactive ketones (excluding diaryl/α,β-unsaturated/α-hetero) is 3. The van der Waals surface area contributed by atoms with Crippen LogP contribution in [0.3, 0.4) is 0 Å². The first-order valence-electron chi connectivity index (χ1n) is 3.32. The number of rotatable bonds is 5. The van der Waals surface area contributed by atoms with Gasteiger partial charge in [0.2, 0.25) is 0 Å². The van der Waals surface area contributed by atoms with Gasteiger partial charge >= 0.3 is 0 Å². The van der Waals surface area contributed by atoms with Crippen LogP contribution in [0.4, 0.5) is 0 Å². The first kappa shape index (κ1) is 10.9. The standard InChI is InChI=1S/C7H10O5/c1-4(10)7(5(11)2-8)6(12)3-9/h7-9H,2-3H2,1H3. The summed E-state index contributed by atoms with van der Waals surface area (Å²) in [6.45, 7) is -0.669. The SMILES string of the molecule is CC(=O)C(C(=O)CO)C(=O)CO. The lowest BCUT2D eigenvalue weighted by Gasteiger charge is -2.06. The highest BCUT2D eigenvalue weighted by Crippen LogP contribution is 2.01. The first-order chi connectivity index (χ1) is 5.54. The van der Waals surface area contributed by atoms with Gasteiger partial charge in [0.15, 0.2) is 11.6 Å². The van der Waals surface area contributed by atoms with Gasteiger partial charge in [-0.3, -0.25) is 14.4 Å². The molecule has 5 nitrogen and oxygen atoms in total. The summed E-state index contributed by atoms with van der Waals surface area (Å²) in [5, 5.41) is 16.7. The minimum Gasteiger partial charge on any atom is -0.389 e. The predicted molar refractivity (Wildman–Crippen MR) is 38.4 cm³/mol. The molecule has 0 unspecified atom stereocenters. The molecule has 0 aliphatic heterocycles. The predicted octanol–water partition coefficient (Wildman–Crippen LogP) is -1.69. The van der Waals surface area contributed by atoms with Gasteiger partial charge in [0.05, 0.1) is 0 Å². The van der Waals surface area contributed by atoms with Crippen molar-refractivity contribution in [3.05, 3.63) is 0 Å². The molecule has 0 bridgehead atoms. The highest BCUT2D eigenvalue weighted by atomic mass is 16.3. The van der Waals surface area contributed by atoms with E-state index in [0.29, 0.717) is 0 Å². The highest BCUT2D eigenvalue weighted by molar-refractivity contribution is 6.19. The van der Waals surface area contributed by atoms with Crippen molar-refractivity contribution in [2.45, 2.75) is 6.92 Å². The van der Waals surface area contributed by atoms with Crippen molar-refractivity contribution in [1.82, 2.24) is 0 Å². The topological polar surface area (TPSA) is 91.7 Å². The Morgan fingerprint density at radius 3 is 1.58 bits per heavy atom. The molecule has 68 valence electrons. The first-order valence-corrected chi connectivity index (χ1v) is 3.32. The number of aliphatic hydroxyl groups excluding tert-OH is 2. The second kappa shape index (κ2) is 4.74. The van der Waals surface area contributed by atoms with Gasteiger partial charge in [0, 0.05) is 0 Å². The van der Waals surface area contributed by atoms with Crippen molar-refractivity contribution < 1.29 is 24.6 Å². The van der Waals surface area contributed by atoms with Gasteiger partial charge in [0.1, 0.15) is 24.9 Å². The number of carbonyl (C=O) groups is 3. The average Bonchev–Trinajstić information content (AvgIpc) is 2.03. The molecular weight excluding hydrogens is 164 g/mol. The lowest BCUT2D eigenvalue weighted by molar-refractivity contribution is -0.141. The van der Waals surface area contributed by atoms with Crippen molar-refractivity contribution in [2.24, 2.45) is 5.92 Å². The number of hydrogen-bond acceptors (Lipinski definition) is 5. The van der Waals surface area contributed by atoms with Crippen molar-refractivity contribution >= 4 is 17.3 Å². The molecule has 0 spiro atoms. The smallest absolute Gasteiger partial charge is 0.176 e. The van der Waals surface area contributed by atoms with E-state index >= 15 is 0 Å². The van der Waals surface area contributed by atoms with Crippen LogP contribution in [0.2, 0.25) is 0 Å². The van der Waals surface area contributed by atoms with E-state index in [2.05, 4.69) is 0 Å². The lowest BCUT2D eigenvalue weighted by Crippen LogP contribution is -2.34. The summed E-state index contributed by atoms with van der Waals surface area (Å²) in [5.74, 6) is -3.91. The van der Waals surface area contributed by atoms with E-state index in [0.717, 1.165) is 6.92 Å². The monoisotopic (exact) mass is 174 g/mol. The molecular formula is C7H10O5. The van der Waals surface area contributed by atoms with Gasteiger partial charge < -0.3 is 10.2 Å². The normalized spacial score (nSPS) is 10.0. The Morgan fingerprint density at radius 2 is 1.42 bits per heavy atom. The van der Waals surface area contributed by atoms with Crippen molar-refractivity contribution in [1.29, 1.82) is 0 Å². The zero-order valence-electron chi connectivity index (χ0n) is 6.61. The minimum atomic E-state index is -1.50. The van der Waals surface area contributed by atoms with Gasteiger partial charge in [-0.15, -0.1) is 0 Å². The molecule has 12 heavy (non-hydrogen) atoms. The van der Waals surface area contributed by atoms with Gasteiger partial charge in [-0.1, -0.05) is 0 Å². The fourth-order valence-electron chi connectivity index (χ4n) is 0.816. The molecule has 0 saturated heterocycles. The second-order valence-corrected chi connectivity index (χ2v) is 2.29. The molecule has 0 fully saturated rings. The summed E-state index contributed by atoms with van der Waals surface area (Å²) >= 11 is 0. The maximum Gasteiger partial charge on any atom is 0.176 e. The Hall–Kier alpha value is -1.07. The Morgan fingerprint density at radius 1 is 1.08 bits per heavy atom. The van der Waals surface area contributed by atoms with Crippen LogP contribution >= 0.6 is 0 Å². The Bertz CT molecular complexity index is 192. The van der Waals surface area contributed by atoms with Crippen LogP contribution in [0.15, 0.2) is 0 Å². The van der Waals surface area contributed by atoms with Crippen molar-refractivity contribution in [3.63, 3.8) is 0 Å². The molecule has 5 heteroatoms. The van der Waals surface area contributed by atoms with Gasteiger partial charge in [-0.05, 0) is 6.92 Å². The van der Waals surface area contributed by atoms with Crippen LogP contribution < -0.4 is 0 Å². The van der Waals surface area contributed by atoms with Gasteiger partial charge in [-0.2, -0.15) is 0 Å². The largest absolute Gasteiger partial charge is 0.389 e. The Kier molecular flexibility index (Phi) is 4.31. The van der Waals surface area contributed by atoms with E-state index in [1.807, 2.05) is 0 Å². The van der Waals surface area contributed by atoms with Crippen LogP contribution in [0.25, 0.3) is 0 Å². The van der Waals surface area contributed by atoms with Crippen LogP contribution in [0.5, 0.6) is 0 Å². The number of aliphatic hydroxyl groups is 2. The summed E-state index contributed by atoms with van der Waals surface area (Å²) < 4.78 is 0. The van der Waals surface area contributed by atoms with E-state index < -0.39 is 36.5 Å². The fraction of sp³-hybridized carbons (Fsp3) is 0.571. The second-order valence-electron chi connectivity index (χ2n) is 2.29. The number of hydrogen-bond donors (Lipinski definition) is 2. The Labute approximate surface area is 69.0 Å². The van der Waals surface area contributed by atoms with Crippen LogP contribution in [-0.4, -0.2) is 40.8 Å². The molecule has 0 saturated carbocycles. The summed E-state index contributed by atoms with van der Waals surface area (Å²) in [7, 11) is 0. The molecule has 0 atom stereocenters. The molecule has 0 aliphatic carbocycles. The molecule has 0 aromatic carbocycles. The molecule has 0 heterocycles. The zero-order chi connectivity index (χ0) is 9.72. The number of carbonyl (C=O) groups excluding carboxylic acids is 3.